The van der Waals surface area contributed by atoms with Crippen LogP contribution in [0.5, 0.6) is 0 Å². The number of benzene rings is 2. The monoisotopic (exact) mass is 370 g/mol. The van der Waals surface area contributed by atoms with E-state index in [0.29, 0.717) is 28.6 Å². The second-order valence-electron chi connectivity index (χ2n) is 5.95. The number of carbonyl (C=O) groups is 3. The molecule has 2 aromatic rings. The highest BCUT2D eigenvalue weighted by Gasteiger charge is 2.28. The number of nitrogens with two attached hydrogens (primary N) is 1. The Kier molecular flexibility index (Phi) is 7.48. The molecule has 0 fully saturated rings. The van der Waals surface area contributed by atoms with Crippen molar-refractivity contribution >= 4 is 24.0 Å². The Morgan fingerprint density at radius 2 is 1.67 bits per heavy atom. The second kappa shape index (κ2) is 10.0. The standard InChI is InChI=1S/C19H22N4O4/c20-23(19(26)21-17-9-5-2-6-10-17)18(25)16(13-22(27)14-24)12-11-15-7-3-1-4-8-15/h1-10,14,16,27H,11-13,20H2,(H,21,26). The third kappa shape index (κ3) is 6.21. The average molecular weight is 370 g/mol. The normalized spacial score (nSPS) is 11.3. The molecule has 4 amide bonds. The Bertz CT molecular complexity index is 755. The highest BCUT2D eigenvalue weighted by molar-refractivity contribution is 6.01. The van der Waals surface area contributed by atoms with E-state index in [1.165, 1.54) is 0 Å². The fourth-order valence-corrected chi connectivity index (χ4v) is 2.55. The summed E-state index contributed by atoms with van der Waals surface area (Å²) in [5.41, 5.74) is 1.48. The van der Waals surface area contributed by atoms with Gasteiger partial charge >= 0.3 is 6.03 Å². The SMILES string of the molecule is NN(C(=O)Nc1ccccc1)C(=O)C(CCc1ccccc1)CN(O)C=O. The number of hydrogen-bond acceptors (Lipinski definition) is 5. The predicted molar refractivity (Wildman–Crippen MR) is 99.3 cm³/mol. The van der Waals surface area contributed by atoms with Crippen molar-refractivity contribution in [3.8, 4) is 0 Å². The van der Waals surface area contributed by atoms with E-state index in [4.69, 9.17) is 5.84 Å². The van der Waals surface area contributed by atoms with Gasteiger partial charge in [0.1, 0.15) is 0 Å². The van der Waals surface area contributed by atoms with Crippen LogP contribution in [0.4, 0.5) is 10.5 Å². The van der Waals surface area contributed by atoms with Gasteiger partial charge in [0.05, 0.1) is 12.5 Å². The van der Waals surface area contributed by atoms with Gasteiger partial charge in [0.25, 0.3) is 0 Å². The first-order chi connectivity index (χ1) is 13.0. The lowest BCUT2D eigenvalue weighted by Crippen LogP contribution is -2.50. The molecule has 0 saturated carbocycles. The van der Waals surface area contributed by atoms with Crippen molar-refractivity contribution in [2.45, 2.75) is 12.8 Å². The summed E-state index contributed by atoms with van der Waals surface area (Å²) in [5.74, 6) is 4.14. The lowest BCUT2D eigenvalue weighted by atomic mass is 9.98. The van der Waals surface area contributed by atoms with Crippen LogP contribution in [0.1, 0.15) is 12.0 Å². The fraction of sp³-hybridized carbons (Fsp3) is 0.211. The minimum atomic E-state index is -0.841. The lowest BCUT2D eigenvalue weighted by molar-refractivity contribution is -0.156. The molecule has 2 rings (SSSR count). The smallest absolute Gasteiger partial charge is 0.306 e. The Balaban J connectivity index is 2.04. The minimum absolute atomic E-state index is 0.202. The zero-order chi connectivity index (χ0) is 19.6. The summed E-state index contributed by atoms with van der Waals surface area (Å²) in [6.07, 6.45) is 1.03. The largest absolute Gasteiger partial charge is 0.343 e. The van der Waals surface area contributed by atoms with Crippen molar-refractivity contribution in [2.24, 2.45) is 11.8 Å². The van der Waals surface area contributed by atoms with E-state index in [9.17, 15) is 19.6 Å². The number of nitrogens with one attached hydrogen (secondary N) is 1. The molecule has 142 valence electrons. The fourth-order valence-electron chi connectivity index (χ4n) is 2.55. The van der Waals surface area contributed by atoms with E-state index >= 15 is 0 Å². The van der Waals surface area contributed by atoms with Crippen LogP contribution < -0.4 is 11.2 Å². The number of imide groups is 1. The molecule has 8 heteroatoms. The van der Waals surface area contributed by atoms with Gasteiger partial charge in [-0.25, -0.2) is 15.7 Å². The van der Waals surface area contributed by atoms with Crippen LogP contribution in [0.2, 0.25) is 0 Å². The zero-order valence-corrected chi connectivity index (χ0v) is 14.7. The van der Waals surface area contributed by atoms with Crippen molar-refractivity contribution in [2.75, 3.05) is 11.9 Å². The molecular weight excluding hydrogens is 348 g/mol. The number of hydrogen-bond donors (Lipinski definition) is 3. The van der Waals surface area contributed by atoms with Crippen molar-refractivity contribution in [1.82, 2.24) is 10.1 Å². The molecule has 0 bridgehead atoms. The van der Waals surface area contributed by atoms with E-state index in [1.54, 1.807) is 30.3 Å². The number of aryl methyl sites for hydroxylation is 1. The van der Waals surface area contributed by atoms with Crippen LogP contribution in [0.25, 0.3) is 0 Å². The summed E-state index contributed by atoms with van der Waals surface area (Å²) < 4.78 is 0. The van der Waals surface area contributed by atoms with E-state index in [2.05, 4.69) is 5.32 Å². The van der Waals surface area contributed by atoms with E-state index < -0.39 is 17.9 Å². The maximum absolute atomic E-state index is 12.6. The van der Waals surface area contributed by atoms with Crippen molar-refractivity contribution in [3.63, 3.8) is 0 Å². The molecule has 0 aliphatic rings. The van der Waals surface area contributed by atoms with Gasteiger partial charge in [-0.3, -0.25) is 14.8 Å². The topological polar surface area (TPSA) is 116 Å². The molecule has 1 unspecified atom stereocenters. The molecule has 0 aromatic heterocycles. The van der Waals surface area contributed by atoms with Crippen molar-refractivity contribution in [1.29, 1.82) is 0 Å². The molecule has 0 aliphatic carbocycles. The van der Waals surface area contributed by atoms with Gasteiger partial charge in [0.2, 0.25) is 12.3 Å². The molecule has 2 aromatic carbocycles. The number of rotatable bonds is 8. The molecule has 27 heavy (non-hydrogen) atoms. The molecular formula is C19H22N4O4. The van der Waals surface area contributed by atoms with Crippen molar-refractivity contribution in [3.05, 3.63) is 66.2 Å². The van der Waals surface area contributed by atoms with Crippen molar-refractivity contribution < 1.29 is 19.6 Å². The van der Waals surface area contributed by atoms with Gasteiger partial charge in [0.15, 0.2) is 0 Å². The highest BCUT2D eigenvalue weighted by Crippen LogP contribution is 2.14. The Labute approximate surface area is 157 Å². The maximum Gasteiger partial charge on any atom is 0.343 e. The molecule has 4 N–H and O–H groups in total. The van der Waals surface area contributed by atoms with Crippen LogP contribution in [0.15, 0.2) is 60.7 Å². The number of amides is 4. The quantitative estimate of drug-likeness (QED) is 0.216. The highest BCUT2D eigenvalue weighted by atomic mass is 16.5. The van der Waals surface area contributed by atoms with Gasteiger partial charge in [-0.15, -0.1) is 0 Å². The molecule has 0 aliphatic heterocycles. The number of para-hydroxylation sites is 1. The number of hydroxylamine groups is 2. The second-order valence-corrected chi connectivity index (χ2v) is 5.95. The summed E-state index contributed by atoms with van der Waals surface area (Å²) in [4.78, 5) is 35.6. The maximum atomic E-state index is 12.6. The van der Waals surface area contributed by atoms with Crippen LogP contribution in [-0.2, 0) is 16.0 Å². The minimum Gasteiger partial charge on any atom is -0.306 e. The zero-order valence-electron chi connectivity index (χ0n) is 14.7. The molecule has 0 spiro atoms. The van der Waals surface area contributed by atoms with Gasteiger partial charge < -0.3 is 5.32 Å². The van der Waals surface area contributed by atoms with Gasteiger partial charge in [-0.2, -0.15) is 5.01 Å². The average Bonchev–Trinajstić information content (AvgIpc) is 2.71. The number of carbonyl (C=O) groups excluding carboxylic acids is 3. The Hall–Kier alpha value is -3.23. The third-order valence-corrected chi connectivity index (χ3v) is 3.98. The van der Waals surface area contributed by atoms with Gasteiger partial charge in [0, 0.05) is 5.69 Å². The van der Waals surface area contributed by atoms with Gasteiger partial charge in [-0.05, 0) is 30.5 Å². The summed E-state index contributed by atoms with van der Waals surface area (Å²) in [6, 6.07) is 17.2. The van der Waals surface area contributed by atoms with Crippen LogP contribution in [0.3, 0.4) is 0 Å². The van der Waals surface area contributed by atoms with Crippen LogP contribution in [0, 0.1) is 5.92 Å². The molecule has 0 heterocycles. The van der Waals surface area contributed by atoms with Gasteiger partial charge in [-0.1, -0.05) is 48.5 Å². The summed E-state index contributed by atoms with van der Waals surface area (Å²) >= 11 is 0. The summed E-state index contributed by atoms with van der Waals surface area (Å²) in [6.45, 7) is -0.262. The summed E-state index contributed by atoms with van der Waals surface area (Å²) in [5, 5.41) is 12.8. The molecule has 8 nitrogen and oxygen atoms in total. The third-order valence-electron chi connectivity index (χ3n) is 3.98. The molecule has 0 radical (unpaired) electrons. The molecule has 1 atom stereocenters. The number of anilines is 1. The number of urea groups is 1. The first-order valence-electron chi connectivity index (χ1n) is 8.40. The van der Waals surface area contributed by atoms with Crippen LogP contribution in [-0.4, -0.2) is 40.2 Å². The Morgan fingerprint density at radius 1 is 1.07 bits per heavy atom. The first kappa shape index (κ1) is 20.1. The van der Waals surface area contributed by atoms with Crippen LogP contribution >= 0.6 is 0 Å². The van der Waals surface area contributed by atoms with E-state index in [0.717, 1.165) is 5.56 Å². The number of nitrogens with zero attached hydrogens (tertiary/aromatic N) is 2. The first-order valence-corrected chi connectivity index (χ1v) is 8.40. The lowest BCUT2D eigenvalue weighted by Gasteiger charge is -2.24. The predicted octanol–water partition coefficient (Wildman–Crippen LogP) is 2.02. The van der Waals surface area contributed by atoms with E-state index in [-0.39, 0.29) is 13.0 Å². The summed E-state index contributed by atoms with van der Waals surface area (Å²) in [7, 11) is 0. The molecule has 0 saturated heterocycles. The van der Waals surface area contributed by atoms with E-state index in [1.807, 2.05) is 30.3 Å². The Morgan fingerprint density at radius 3 is 2.26 bits per heavy atom. The number of hydrazine groups is 1.